The van der Waals surface area contributed by atoms with Crippen molar-refractivity contribution in [2.45, 2.75) is 19.3 Å². The summed E-state index contributed by atoms with van der Waals surface area (Å²) in [6.07, 6.45) is 2.69. The number of hydrogen-bond donors (Lipinski definition) is 0. The number of aromatic nitrogens is 6. The Morgan fingerprint density at radius 2 is 1.59 bits per heavy atom. The molecule has 3 heterocycles. The summed E-state index contributed by atoms with van der Waals surface area (Å²) in [7, 11) is 0. The largest absolute Gasteiger partial charge is 0.336 e. The molecule has 9 nitrogen and oxygen atoms in total. The molecule has 0 bridgehead atoms. The molecule has 2 aromatic heterocycles. The van der Waals surface area contributed by atoms with E-state index in [0.29, 0.717) is 37.8 Å². The van der Waals surface area contributed by atoms with Crippen molar-refractivity contribution in [2.24, 2.45) is 0 Å². The van der Waals surface area contributed by atoms with Crippen molar-refractivity contribution in [2.75, 3.05) is 31.1 Å². The van der Waals surface area contributed by atoms with Gasteiger partial charge in [-0.3, -0.25) is 4.79 Å². The number of piperazine rings is 1. The highest BCUT2D eigenvalue weighted by Crippen LogP contribution is 2.29. The molecule has 0 unspecified atom stereocenters. The van der Waals surface area contributed by atoms with E-state index in [1.165, 1.54) is 12.1 Å². The van der Waals surface area contributed by atoms with Crippen LogP contribution in [-0.4, -0.2) is 67.0 Å². The molecule has 2 aliphatic rings. The number of nitrogens with zero attached hydrogens (tertiary/aromatic N) is 8. The Balaban J connectivity index is 1.21. The molecule has 10 heteroatoms. The Hall–Kier alpha value is -4.08. The zero-order valence-corrected chi connectivity index (χ0v) is 18.5. The minimum absolute atomic E-state index is 0.0543. The summed E-state index contributed by atoms with van der Waals surface area (Å²) in [6, 6.07) is 16.0. The second kappa shape index (κ2) is 8.36. The van der Waals surface area contributed by atoms with Crippen LogP contribution in [0.25, 0.3) is 11.4 Å². The van der Waals surface area contributed by atoms with Crippen molar-refractivity contribution in [3.8, 4) is 11.4 Å². The average molecular weight is 459 g/mol. The van der Waals surface area contributed by atoms with Crippen LogP contribution in [0.3, 0.4) is 0 Å². The lowest BCUT2D eigenvalue weighted by atomic mass is 10.1. The number of para-hydroxylation sites is 1. The van der Waals surface area contributed by atoms with Gasteiger partial charge in [0.1, 0.15) is 5.82 Å². The summed E-state index contributed by atoms with van der Waals surface area (Å²) in [4.78, 5) is 17.4. The number of rotatable bonds is 4. The molecule has 1 fully saturated rings. The van der Waals surface area contributed by atoms with Crippen LogP contribution >= 0.6 is 0 Å². The third-order valence-electron chi connectivity index (χ3n) is 6.51. The molecule has 0 spiro atoms. The maximum absolute atomic E-state index is 13.5. The van der Waals surface area contributed by atoms with Crippen LogP contribution in [0, 0.1) is 5.82 Å². The maximum atomic E-state index is 13.5. The van der Waals surface area contributed by atoms with Gasteiger partial charge in [0.05, 0.1) is 11.4 Å². The van der Waals surface area contributed by atoms with Crippen LogP contribution in [0.15, 0.2) is 54.6 Å². The summed E-state index contributed by atoms with van der Waals surface area (Å²) >= 11 is 0. The lowest BCUT2D eigenvalue weighted by Gasteiger charge is -2.34. The molecule has 0 radical (unpaired) electrons. The number of carbonyl (C=O) groups is 1. The zero-order chi connectivity index (χ0) is 23.1. The normalized spacial score (nSPS) is 15.6. The van der Waals surface area contributed by atoms with E-state index in [0.717, 1.165) is 41.9 Å². The van der Waals surface area contributed by atoms with E-state index in [1.54, 1.807) is 21.5 Å². The fraction of sp³-hybridized carbons (Fsp3) is 0.292. The lowest BCUT2D eigenvalue weighted by Crippen LogP contribution is -2.49. The van der Waals surface area contributed by atoms with Crippen molar-refractivity contribution in [1.82, 2.24) is 34.9 Å². The maximum Gasteiger partial charge on any atom is 0.274 e. The number of hydrogen-bond acceptors (Lipinski definition) is 6. The van der Waals surface area contributed by atoms with E-state index in [2.05, 4.69) is 25.5 Å². The SMILES string of the molecule is O=C(c1nn(-c2ccc(F)cc2)c2c1CCC2)N1CCN(c2nnnn2-c2ccccc2)CC1. The minimum Gasteiger partial charge on any atom is -0.336 e. The van der Waals surface area contributed by atoms with Gasteiger partial charge in [0.15, 0.2) is 5.69 Å². The Labute approximate surface area is 195 Å². The molecular weight excluding hydrogens is 435 g/mol. The van der Waals surface area contributed by atoms with Crippen molar-refractivity contribution in [3.63, 3.8) is 0 Å². The number of benzene rings is 2. The molecule has 0 N–H and O–H groups in total. The Morgan fingerprint density at radius 3 is 2.35 bits per heavy atom. The van der Waals surface area contributed by atoms with Gasteiger partial charge in [0.2, 0.25) is 5.95 Å². The summed E-state index contributed by atoms with van der Waals surface area (Å²) in [5, 5.41) is 16.9. The highest BCUT2D eigenvalue weighted by atomic mass is 19.1. The van der Waals surface area contributed by atoms with Gasteiger partial charge in [-0.25, -0.2) is 9.07 Å². The third kappa shape index (κ3) is 3.51. The van der Waals surface area contributed by atoms with Crippen LogP contribution < -0.4 is 4.90 Å². The minimum atomic E-state index is -0.292. The van der Waals surface area contributed by atoms with Crippen LogP contribution in [0.5, 0.6) is 0 Å². The number of fused-ring (bicyclic) bond motifs is 1. The fourth-order valence-electron chi connectivity index (χ4n) is 4.78. The Kier molecular flexibility index (Phi) is 5.05. The van der Waals surface area contributed by atoms with Crippen molar-refractivity contribution >= 4 is 11.9 Å². The third-order valence-corrected chi connectivity index (χ3v) is 6.51. The second-order valence-corrected chi connectivity index (χ2v) is 8.52. The summed E-state index contributed by atoms with van der Waals surface area (Å²) in [5.74, 6) is 0.320. The molecule has 172 valence electrons. The van der Waals surface area contributed by atoms with E-state index in [1.807, 2.05) is 35.2 Å². The highest BCUT2D eigenvalue weighted by Gasteiger charge is 2.32. The molecule has 2 aromatic carbocycles. The van der Waals surface area contributed by atoms with Gasteiger partial charge in [0.25, 0.3) is 5.91 Å². The van der Waals surface area contributed by atoms with E-state index in [-0.39, 0.29) is 11.7 Å². The van der Waals surface area contributed by atoms with Gasteiger partial charge in [-0.1, -0.05) is 23.3 Å². The van der Waals surface area contributed by atoms with Crippen LogP contribution in [0.2, 0.25) is 0 Å². The predicted octanol–water partition coefficient (Wildman–Crippen LogP) is 2.44. The molecule has 1 aliphatic carbocycles. The molecule has 4 aromatic rings. The lowest BCUT2D eigenvalue weighted by molar-refractivity contribution is 0.0738. The molecule has 6 rings (SSSR count). The second-order valence-electron chi connectivity index (χ2n) is 8.52. The van der Waals surface area contributed by atoms with Gasteiger partial charge < -0.3 is 9.80 Å². The van der Waals surface area contributed by atoms with Crippen molar-refractivity contribution in [3.05, 3.63) is 77.4 Å². The predicted molar refractivity (Wildman–Crippen MR) is 123 cm³/mol. The molecule has 1 aliphatic heterocycles. The van der Waals surface area contributed by atoms with E-state index in [9.17, 15) is 9.18 Å². The summed E-state index contributed by atoms with van der Waals surface area (Å²) in [6.45, 7) is 2.36. The summed E-state index contributed by atoms with van der Waals surface area (Å²) in [5.41, 5.74) is 4.25. The standard InChI is InChI=1S/C24H23FN8O/c25-17-9-11-19(12-10-17)32-21-8-4-7-20(21)22(27-32)23(34)30-13-15-31(16-14-30)24-26-28-29-33(24)18-5-2-1-3-6-18/h1-3,5-6,9-12H,4,7-8,13-16H2. The first-order valence-corrected chi connectivity index (χ1v) is 11.4. The molecule has 0 atom stereocenters. The summed E-state index contributed by atoms with van der Waals surface area (Å²) < 4.78 is 16.9. The van der Waals surface area contributed by atoms with Gasteiger partial charge in [-0.15, -0.1) is 0 Å². The van der Waals surface area contributed by atoms with Crippen LogP contribution in [-0.2, 0) is 12.8 Å². The number of halogens is 1. The number of amides is 1. The van der Waals surface area contributed by atoms with Crippen molar-refractivity contribution in [1.29, 1.82) is 0 Å². The molecule has 1 saturated heterocycles. The number of anilines is 1. The first kappa shape index (κ1) is 20.5. The van der Waals surface area contributed by atoms with Crippen molar-refractivity contribution < 1.29 is 9.18 Å². The van der Waals surface area contributed by atoms with E-state index < -0.39 is 0 Å². The molecule has 1 amide bonds. The van der Waals surface area contributed by atoms with Gasteiger partial charge in [0, 0.05) is 37.4 Å². The fourth-order valence-corrected chi connectivity index (χ4v) is 4.78. The topological polar surface area (TPSA) is 85.0 Å². The van der Waals surface area contributed by atoms with Gasteiger partial charge in [-0.05, 0) is 66.1 Å². The van der Waals surface area contributed by atoms with Crippen LogP contribution in [0.1, 0.15) is 28.2 Å². The number of tetrazole rings is 1. The monoisotopic (exact) mass is 458 g/mol. The van der Waals surface area contributed by atoms with E-state index >= 15 is 0 Å². The smallest absolute Gasteiger partial charge is 0.274 e. The Bertz CT molecular complexity index is 1320. The Morgan fingerprint density at radius 1 is 0.853 bits per heavy atom. The number of carbonyl (C=O) groups excluding carboxylic acids is 1. The first-order valence-electron chi connectivity index (χ1n) is 11.4. The van der Waals surface area contributed by atoms with Gasteiger partial charge >= 0.3 is 0 Å². The van der Waals surface area contributed by atoms with Crippen LogP contribution in [0.4, 0.5) is 10.3 Å². The average Bonchev–Trinajstić information content (AvgIpc) is 3.62. The van der Waals surface area contributed by atoms with E-state index in [4.69, 9.17) is 0 Å². The molecule has 0 saturated carbocycles. The molecule has 34 heavy (non-hydrogen) atoms. The highest BCUT2D eigenvalue weighted by molar-refractivity contribution is 5.94. The van der Waals surface area contributed by atoms with Gasteiger partial charge in [-0.2, -0.15) is 9.78 Å². The zero-order valence-electron chi connectivity index (χ0n) is 18.5. The first-order chi connectivity index (χ1) is 16.7. The quantitative estimate of drug-likeness (QED) is 0.467. The molecular formula is C24H23FN8O.